The van der Waals surface area contributed by atoms with Crippen molar-refractivity contribution in [3.05, 3.63) is 65.6 Å². The molecule has 1 amide bonds. The van der Waals surface area contributed by atoms with Crippen molar-refractivity contribution >= 4 is 16.8 Å². The van der Waals surface area contributed by atoms with Gasteiger partial charge in [-0.2, -0.15) is 0 Å². The van der Waals surface area contributed by atoms with E-state index in [2.05, 4.69) is 30.1 Å². The predicted molar refractivity (Wildman–Crippen MR) is 92.6 cm³/mol. The second-order valence-electron chi connectivity index (χ2n) is 5.98. The van der Waals surface area contributed by atoms with Crippen molar-refractivity contribution in [1.82, 2.24) is 14.5 Å². The molecule has 118 valence electrons. The molecule has 0 aliphatic heterocycles. The molecule has 3 rings (SSSR count). The van der Waals surface area contributed by atoms with Crippen LogP contribution in [0.25, 0.3) is 10.9 Å². The van der Waals surface area contributed by atoms with E-state index in [0.29, 0.717) is 6.54 Å². The predicted octanol–water partition coefficient (Wildman–Crippen LogP) is 3.20. The summed E-state index contributed by atoms with van der Waals surface area (Å²) in [6.07, 6.45) is 4.39. The number of hydrogen-bond acceptors (Lipinski definition) is 2. The highest BCUT2D eigenvalue weighted by atomic mass is 16.2. The Balaban J connectivity index is 1.78. The number of carbonyl (C=O) groups is 1. The summed E-state index contributed by atoms with van der Waals surface area (Å²) in [6.45, 7) is 2.75. The zero-order chi connectivity index (χ0) is 16.4. The van der Waals surface area contributed by atoms with Gasteiger partial charge in [0.2, 0.25) is 0 Å². The van der Waals surface area contributed by atoms with Gasteiger partial charge in [0, 0.05) is 43.9 Å². The third kappa shape index (κ3) is 3.11. The highest BCUT2D eigenvalue weighted by Gasteiger charge is 2.17. The summed E-state index contributed by atoms with van der Waals surface area (Å²) in [5.41, 5.74) is 4.20. The van der Waals surface area contributed by atoms with Crippen molar-refractivity contribution < 1.29 is 4.79 Å². The smallest absolute Gasteiger partial charge is 0.270 e. The maximum atomic E-state index is 12.7. The molecular weight excluding hydrogens is 286 g/mol. The van der Waals surface area contributed by atoms with Crippen LogP contribution in [-0.4, -0.2) is 34.0 Å². The SMILES string of the molecule is Cc1ccc2c(c1)cc(C(=O)N(C)CCc1ccncc1)n2C. The van der Waals surface area contributed by atoms with E-state index in [9.17, 15) is 4.79 Å². The first kappa shape index (κ1) is 15.3. The molecule has 4 nitrogen and oxygen atoms in total. The summed E-state index contributed by atoms with van der Waals surface area (Å²) in [4.78, 5) is 18.5. The number of carbonyl (C=O) groups excluding carboxylic acids is 1. The van der Waals surface area contributed by atoms with Crippen molar-refractivity contribution in [2.45, 2.75) is 13.3 Å². The number of aromatic nitrogens is 2. The zero-order valence-electron chi connectivity index (χ0n) is 13.8. The molecule has 0 aliphatic rings. The normalized spacial score (nSPS) is 10.9. The number of amides is 1. The number of pyridine rings is 1. The first-order valence-electron chi connectivity index (χ1n) is 7.76. The molecule has 2 aromatic heterocycles. The minimum absolute atomic E-state index is 0.0513. The fourth-order valence-electron chi connectivity index (χ4n) is 2.82. The second-order valence-corrected chi connectivity index (χ2v) is 5.98. The number of nitrogens with zero attached hydrogens (tertiary/aromatic N) is 3. The van der Waals surface area contributed by atoms with Crippen LogP contribution in [0.2, 0.25) is 0 Å². The van der Waals surface area contributed by atoms with Crippen LogP contribution >= 0.6 is 0 Å². The van der Waals surface area contributed by atoms with Crippen molar-refractivity contribution in [3.63, 3.8) is 0 Å². The molecule has 0 aliphatic carbocycles. The van der Waals surface area contributed by atoms with Crippen LogP contribution in [-0.2, 0) is 13.5 Å². The van der Waals surface area contributed by atoms with Crippen LogP contribution in [0.3, 0.4) is 0 Å². The van der Waals surface area contributed by atoms with E-state index in [0.717, 1.165) is 23.0 Å². The Morgan fingerprint density at radius 2 is 1.91 bits per heavy atom. The van der Waals surface area contributed by atoms with Crippen molar-refractivity contribution in [2.24, 2.45) is 7.05 Å². The van der Waals surface area contributed by atoms with E-state index in [4.69, 9.17) is 0 Å². The van der Waals surface area contributed by atoms with Crippen molar-refractivity contribution in [1.29, 1.82) is 0 Å². The highest BCUT2D eigenvalue weighted by Crippen LogP contribution is 2.21. The number of aryl methyl sites for hydroxylation is 2. The van der Waals surface area contributed by atoms with E-state index in [1.54, 1.807) is 17.3 Å². The van der Waals surface area contributed by atoms with Crippen LogP contribution in [0.4, 0.5) is 0 Å². The fourth-order valence-corrected chi connectivity index (χ4v) is 2.82. The molecule has 0 bridgehead atoms. The molecule has 0 saturated carbocycles. The lowest BCUT2D eigenvalue weighted by Gasteiger charge is -2.17. The largest absolute Gasteiger partial charge is 0.340 e. The third-order valence-corrected chi connectivity index (χ3v) is 4.25. The van der Waals surface area contributed by atoms with Gasteiger partial charge < -0.3 is 9.47 Å². The minimum Gasteiger partial charge on any atom is -0.340 e. The molecule has 1 aromatic carbocycles. The van der Waals surface area contributed by atoms with E-state index < -0.39 is 0 Å². The second kappa shape index (κ2) is 6.24. The van der Waals surface area contributed by atoms with Crippen molar-refractivity contribution in [3.8, 4) is 0 Å². The lowest BCUT2D eigenvalue weighted by Crippen LogP contribution is -2.30. The molecule has 0 unspecified atom stereocenters. The van der Waals surface area contributed by atoms with Gasteiger partial charge in [-0.25, -0.2) is 0 Å². The van der Waals surface area contributed by atoms with Gasteiger partial charge in [-0.15, -0.1) is 0 Å². The topological polar surface area (TPSA) is 38.1 Å². The number of fused-ring (bicyclic) bond motifs is 1. The van der Waals surface area contributed by atoms with E-state index in [1.807, 2.05) is 36.9 Å². The average Bonchev–Trinajstić information content (AvgIpc) is 2.89. The van der Waals surface area contributed by atoms with E-state index >= 15 is 0 Å². The Hall–Kier alpha value is -2.62. The van der Waals surface area contributed by atoms with Gasteiger partial charge >= 0.3 is 0 Å². The lowest BCUT2D eigenvalue weighted by molar-refractivity contribution is 0.0787. The molecule has 0 N–H and O–H groups in total. The number of benzene rings is 1. The van der Waals surface area contributed by atoms with Crippen LogP contribution in [0.15, 0.2) is 48.8 Å². The van der Waals surface area contributed by atoms with Crippen LogP contribution < -0.4 is 0 Å². The first-order valence-corrected chi connectivity index (χ1v) is 7.76. The molecule has 23 heavy (non-hydrogen) atoms. The molecule has 0 atom stereocenters. The van der Waals surface area contributed by atoms with Gasteiger partial charge in [-0.3, -0.25) is 9.78 Å². The van der Waals surface area contributed by atoms with Gasteiger partial charge in [-0.1, -0.05) is 11.6 Å². The summed E-state index contributed by atoms with van der Waals surface area (Å²) < 4.78 is 1.97. The Kier molecular flexibility index (Phi) is 4.15. The van der Waals surface area contributed by atoms with Gasteiger partial charge in [0.25, 0.3) is 5.91 Å². The Morgan fingerprint density at radius 3 is 2.65 bits per heavy atom. The maximum Gasteiger partial charge on any atom is 0.270 e. The molecule has 4 heteroatoms. The standard InChI is InChI=1S/C19H21N3O/c1-14-4-5-17-16(12-14)13-18(22(17)3)19(23)21(2)11-8-15-6-9-20-10-7-15/h4-7,9-10,12-13H,8,11H2,1-3H3. The Labute approximate surface area is 136 Å². The van der Waals surface area contributed by atoms with Gasteiger partial charge in [-0.05, 0) is 49.2 Å². The molecule has 0 radical (unpaired) electrons. The summed E-state index contributed by atoms with van der Waals surface area (Å²) in [5.74, 6) is 0.0513. The maximum absolute atomic E-state index is 12.7. The molecular formula is C19H21N3O. The molecule has 2 heterocycles. The summed E-state index contributed by atoms with van der Waals surface area (Å²) >= 11 is 0. The molecule has 0 spiro atoms. The zero-order valence-corrected chi connectivity index (χ0v) is 13.8. The number of likely N-dealkylation sites (N-methyl/N-ethyl adjacent to an activating group) is 1. The Bertz CT molecular complexity index is 836. The van der Waals surface area contributed by atoms with Gasteiger partial charge in [0.15, 0.2) is 0 Å². The van der Waals surface area contributed by atoms with Crippen LogP contribution in [0.5, 0.6) is 0 Å². The van der Waals surface area contributed by atoms with E-state index in [-0.39, 0.29) is 5.91 Å². The Morgan fingerprint density at radius 1 is 1.17 bits per heavy atom. The van der Waals surface area contributed by atoms with Gasteiger partial charge in [0.05, 0.1) is 0 Å². The highest BCUT2D eigenvalue weighted by molar-refractivity contribution is 5.98. The monoisotopic (exact) mass is 307 g/mol. The average molecular weight is 307 g/mol. The molecule has 0 saturated heterocycles. The van der Waals surface area contributed by atoms with E-state index in [1.165, 1.54) is 11.1 Å². The van der Waals surface area contributed by atoms with Crippen molar-refractivity contribution in [2.75, 3.05) is 13.6 Å². The molecule has 0 fully saturated rings. The van der Waals surface area contributed by atoms with Gasteiger partial charge in [0.1, 0.15) is 5.69 Å². The minimum atomic E-state index is 0.0513. The fraction of sp³-hybridized carbons (Fsp3) is 0.263. The van der Waals surface area contributed by atoms with Crippen LogP contribution in [0.1, 0.15) is 21.6 Å². The summed E-state index contributed by atoms with van der Waals surface area (Å²) in [6, 6.07) is 12.2. The van der Waals surface area contributed by atoms with Crippen LogP contribution in [0, 0.1) is 6.92 Å². The third-order valence-electron chi connectivity index (χ3n) is 4.25. The lowest BCUT2D eigenvalue weighted by atomic mass is 10.2. The summed E-state index contributed by atoms with van der Waals surface area (Å²) in [7, 11) is 3.80. The molecule has 3 aromatic rings. The first-order chi connectivity index (χ1) is 11.1. The summed E-state index contributed by atoms with van der Waals surface area (Å²) in [5, 5.41) is 1.11. The number of hydrogen-bond donors (Lipinski definition) is 0. The quantitative estimate of drug-likeness (QED) is 0.742. The number of rotatable bonds is 4.